The summed E-state index contributed by atoms with van der Waals surface area (Å²) in [6, 6.07) is 23.4. The summed E-state index contributed by atoms with van der Waals surface area (Å²) in [6.07, 6.45) is 3.42. The molecule has 46 heavy (non-hydrogen) atoms. The monoisotopic (exact) mass is 620 g/mol. The summed E-state index contributed by atoms with van der Waals surface area (Å²) in [7, 11) is 3.11. The van der Waals surface area contributed by atoms with Crippen molar-refractivity contribution in [2.45, 2.75) is 25.7 Å². The number of carbonyl (C=O) groups is 4. The summed E-state index contributed by atoms with van der Waals surface area (Å²) < 4.78 is 22.1. The number of amides is 4. The van der Waals surface area contributed by atoms with E-state index in [4.69, 9.17) is 18.9 Å². The van der Waals surface area contributed by atoms with Crippen LogP contribution in [0.3, 0.4) is 0 Å². The van der Waals surface area contributed by atoms with E-state index >= 15 is 0 Å². The molecular weight excluding hydrogens is 588 g/mol. The fourth-order valence-electron chi connectivity index (χ4n) is 5.49. The normalized spacial score (nSPS) is 13.6. The van der Waals surface area contributed by atoms with Gasteiger partial charge in [-0.3, -0.25) is 19.2 Å². The van der Waals surface area contributed by atoms with E-state index in [-0.39, 0.29) is 23.6 Å². The predicted molar refractivity (Wildman–Crippen MR) is 171 cm³/mol. The van der Waals surface area contributed by atoms with E-state index in [0.29, 0.717) is 69.8 Å². The van der Waals surface area contributed by atoms with Crippen LogP contribution in [0.2, 0.25) is 0 Å². The minimum Gasteiger partial charge on any atom is -0.497 e. The molecule has 0 N–H and O–H groups in total. The minimum atomic E-state index is -0.385. The van der Waals surface area contributed by atoms with Crippen LogP contribution in [0, 0.1) is 0 Å². The van der Waals surface area contributed by atoms with Crippen LogP contribution in [0.15, 0.2) is 84.9 Å². The average molecular weight is 621 g/mol. The molecule has 0 atom stereocenters. The van der Waals surface area contributed by atoms with Gasteiger partial charge < -0.3 is 18.9 Å². The zero-order chi connectivity index (χ0) is 32.2. The number of fused-ring (bicyclic) bond motifs is 2. The van der Waals surface area contributed by atoms with E-state index in [1.165, 1.54) is 0 Å². The molecule has 0 radical (unpaired) electrons. The van der Waals surface area contributed by atoms with Gasteiger partial charge in [0.25, 0.3) is 23.6 Å². The fraction of sp³-hybridized carbons (Fsp3) is 0.222. The minimum absolute atomic E-state index is 0.321. The van der Waals surface area contributed by atoms with E-state index in [9.17, 15) is 19.2 Å². The van der Waals surface area contributed by atoms with Gasteiger partial charge in [-0.05, 0) is 111 Å². The average Bonchev–Trinajstić information content (AvgIpc) is 3.49. The first-order valence-electron chi connectivity index (χ1n) is 15.0. The maximum absolute atomic E-state index is 13.0. The van der Waals surface area contributed by atoms with Crippen molar-refractivity contribution < 1.29 is 38.1 Å². The Morgan fingerprint density at radius 1 is 0.435 bits per heavy atom. The summed E-state index contributed by atoms with van der Waals surface area (Å²) in [5.41, 5.74) is 2.30. The molecule has 2 aliphatic heterocycles. The molecule has 2 aliphatic rings. The van der Waals surface area contributed by atoms with Crippen molar-refractivity contribution in [3.8, 4) is 23.0 Å². The molecule has 10 heteroatoms. The second kappa shape index (κ2) is 13.2. The Bertz CT molecular complexity index is 1670. The van der Waals surface area contributed by atoms with E-state index in [1.807, 2.05) is 0 Å². The van der Waals surface area contributed by atoms with Gasteiger partial charge >= 0.3 is 0 Å². The Kier molecular flexibility index (Phi) is 8.69. The van der Waals surface area contributed by atoms with Crippen LogP contribution in [0.1, 0.15) is 67.1 Å². The van der Waals surface area contributed by atoms with Gasteiger partial charge in [0.05, 0.1) is 61.1 Å². The molecule has 0 spiro atoms. The number of methoxy groups -OCH3 is 2. The molecule has 0 saturated heterocycles. The van der Waals surface area contributed by atoms with E-state index in [1.54, 1.807) is 99.1 Å². The van der Waals surface area contributed by atoms with Crippen LogP contribution in [0.25, 0.3) is 0 Å². The van der Waals surface area contributed by atoms with Crippen molar-refractivity contribution in [3.05, 3.63) is 107 Å². The van der Waals surface area contributed by atoms with Crippen LogP contribution in [-0.4, -0.2) is 51.1 Å². The van der Waals surface area contributed by atoms with Crippen LogP contribution >= 0.6 is 0 Å². The first-order valence-corrected chi connectivity index (χ1v) is 15.0. The number of benzene rings is 4. The molecule has 4 aromatic rings. The molecule has 10 nitrogen and oxygen atoms in total. The zero-order valence-corrected chi connectivity index (χ0v) is 25.5. The Balaban J connectivity index is 0.932. The van der Waals surface area contributed by atoms with Crippen molar-refractivity contribution in [2.24, 2.45) is 0 Å². The SMILES string of the molecule is COc1ccc(N2C(=O)c3ccc(OCCCCCCOc4ccc5c(c4)C(=O)N(c4ccc(OC)cc4)C5=O)cc3C2=O)cc1. The molecule has 0 aromatic heterocycles. The molecular formula is C36H32N2O8. The van der Waals surface area contributed by atoms with Crippen molar-refractivity contribution in [1.82, 2.24) is 0 Å². The lowest BCUT2D eigenvalue weighted by Crippen LogP contribution is -2.29. The van der Waals surface area contributed by atoms with Crippen LogP contribution in [0.5, 0.6) is 23.0 Å². The third-order valence-electron chi connectivity index (χ3n) is 7.95. The lowest BCUT2D eigenvalue weighted by Gasteiger charge is -2.14. The highest BCUT2D eigenvalue weighted by Crippen LogP contribution is 2.33. The van der Waals surface area contributed by atoms with Gasteiger partial charge in [0, 0.05) is 0 Å². The molecule has 0 fully saturated rings. The first-order chi connectivity index (χ1) is 22.4. The number of unbranched alkanes of at least 4 members (excludes halogenated alkanes) is 3. The van der Waals surface area contributed by atoms with E-state index in [2.05, 4.69) is 0 Å². The summed E-state index contributed by atoms with van der Waals surface area (Å²) in [5.74, 6) is 0.845. The van der Waals surface area contributed by atoms with Gasteiger partial charge in [0.15, 0.2) is 0 Å². The lowest BCUT2D eigenvalue weighted by atomic mass is 10.1. The third-order valence-corrected chi connectivity index (χ3v) is 7.95. The number of anilines is 2. The van der Waals surface area contributed by atoms with E-state index < -0.39 is 0 Å². The number of hydrogen-bond acceptors (Lipinski definition) is 8. The van der Waals surface area contributed by atoms with E-state index in [0.717, 1.165) is 35.5 Å². The van der Waals surface area contributed by atoms with Crippen LogP contribution in [0.4, 0.5) is 11.4 Å². The topological polar surface area (TPSA) is 112 Å². The van der Waals surface area contributed by atoms with Gasteiger partial charge in [0.2, 0.25) is 0 Å². The highest BCUT2D eigenvalue weighted by atomic mass is 16.5. The number of carbonyl (C=O) groups excluding carboxylic acids is 4. The van der Waals surface area contributed by atoms with Gasteiger partial charge in [-0.25, -0.2) is 9.80 Å². The summed E-state index contributed by atoms with van der Waals surface area (Å²) in [5, 5.41) is 0. The van der Waals surface area contributed by atoms with Crippen LogP contribution in [-0.2, 0) is 0 Å². The zero-order valence-electron chi connectivity index (χ0n) is 25.5. The molecule has 4 amide bonds. The summed E-state index contributed by atoms with van der Waals surface area (Å²) in [6.45, 7) is 0.936. The Labute approximate surface area is 266 Å². The molecule has 234 valence electrons. The molecule has 0 bridgehead atoms. The summed E-state index contributed by atoms with van der Waals surface area (Å²) in [4.78, 5) is 54.2. The number of rotatable bonds is 13. The Morgan fingerprint density at radius 3 is 1.15 bits per heavy atom. The molecule has 2 heterocycles. The third kappa shape index (κ3) is 5.89. The van der Waals surface area contributed by atoms with Crippen molar-refractivity contribution in [2.75, 3.05) is 37.2 Å². The van der Waals surface area contributed by atoms with Crippen molar-refractivity contribution in [1.29, 1.82) is 0 Å². The maximum Gasteiger partial charge on any atom is 0.266 e. The fourth-order valence-corrected chi connectivity index (χ4v) is 5.49. The molecule has 6 rings (SSSR count). The van der Waals surface area contributed by atoms with Crippen LogP contribution < -0.4 is 28.7 Å². The highest BCUT2D eigenvalue weighted by molar-refractivity contribution is 6.35. The Morgan fingerprint density at radius 2 is 0.783 bits per heavy atom. The van der Waals surface area contributed by atoms with Gasteiger partial charge in [-0.2, -0.15) is 0 Å². The second-order valence-corrected chi connectivity index (χ2v) is 10.8. The number of ether oxygens (including phenoxy) is 4. The molecule has 0 unspecified atom stereocenters. The maximum atomic E-state index is 13.0. The highest BCUT2D eigenvalue weighted by Gasteiger charge is 2.38. The van der Waals surface area contributed by atoms with Crippen molar-refractivity contribution >= 4 is 35.0 Å². The quantitative estimate of drug-likeness (QED) is 0.126. The smallest absolute Gasteiger partial charge is 0.266 e. The van der Waals surface area contributed by atoms with Gasteiger partial charge in [0.1, 0.15) is 23.0 Å². The molecule has 0 saturated carbocycles. The lowest BCUT2D eigenvalue weighted by molar-refractivity contribution is 0.0910. The Hall–Kier alpha value is -5.64. The standard InChI is InChI=1S/C36H32N2O8/c1-43-25-11-7-23(8-12-25)37-33(39)29-17-15-27(21-31(29)35(37)41)45-19-5-3-4-6-20-46-28-16-18-30-32(22-28)36(42)38(34(30)40)24-9-13-26(44-2)14-10-24/h7-18,21-22H,3-6,19-20H2,1-2H3. The second-order valence-electron chi connectivity index (χ2n) is 10.8. The first kappa shape index (κ1) is 30.4. The van der Waals surface area contributed by atoms with Gasteiger partial charge in [-0.1, -0.05) is 0 Å². The summed E-state index contributed by atoms with van der Waals surface area (Å²) >= 11 is 0. The predicted octanol–water partition coefficient (Wildman–Crippen LogP) is 6.32. The van der Waals surface area contributed by atoms with Gasteiger partial charge in [-0.15, -0.1) is 0 Å². The molecule has 4 aromatic carbocycles. The largest absolute Gasteiger partial charge is 0.497 e. The number of hydrogen-bond donors (Lipinski definition) is 0. The molecule has 0 aliphatic carbocycles. The number of imide groups is 2. The number of nitrogens with zero attached hydrogens (tertiary/aromatic N) is 2. The van der Waals surface area contributed by atoms with Crippen molar-refractivity contribution in [3.63, 3.8) is 0 Å².